The van der Waals surface area contributed by atoms with Crippen LogP contribution in [0.2, 0.25) is 0 Å². The molecule has 1 saturated carbocycles. The predicted octanol–water partition coefficient (Wildman–Crippen LogP) is 8.87. The smallest absolute Gasteiger partial charge is 0.216 e. The van der Waals surface area contributed by atoms with Gasteiger partial charge in [-0.1, -0.05) is 70.4 Å². The van der Waals surface area contributed by atoms with E-state index in [0.29, 0.717) is 18.4 Å². The Balaban J connectivity index is 3.14. The number of hydrogen-bond donors (Lipinski definition) is 1. The topological polar surface area (TPSA) is 45.1 Å². The predicted molar refractivity (Wildman–Crippen MR) is 170 cm³/mol. The molecule has 0 aromatic rings. The first kappa shape index (κ1) is 34.3. The zero-order valence-corrected chi connectivity index (χ0v) is 27.5. The van der Waals surface area contributed by atoms with Crippen molar-refractivity contribution in [3.63, 3.8) is 0 Å². The lowest BCUT2D eigenvalue weighted by molar-refractivity contribution is -0.240. The number of nitrogens with zero attached hydrogens (tertiary/aromatic N) is 2. The summed E-state index contributed by atoms with van der Waals surface area (Å²) >= 11 is 2.51. The second kappa shape index (κ2) is 16.4. The summed E-state index contributed by atoms with van der Waals surface area (Å²) < 4.78 is 7.12. The fourth-order valence-electron chi connectivity index (χ4n) is 5.00. The van der Waals surface area contributed by atoms with Gasteiger partial charge in [0, 0.05) is 35.0 Å². The molecule has 1 fully saturated rings. The Labute approximate surface area is 242 Å². The molecule has 2 unspecified atom stereocenters. The van der Waals surface area contributed by atoms with Crippen LogP contribution in [0.3, 0.4) is 0 Å². The Morgan fingerprint density at radius 3 is 2.22 bits per heavy atom. The van der Waals surface area contributed by atoms with Crippen molar-refractivity contribution in [3.05, 3.63) is 45.1 Å². The van der Waals surface area contributed by atoms with Crippen LogP contribution in [0.25, 0.3) is 0 Å². The highest BCUT2D eigenvalue weighted by molar-refractivity contribution is 14.1. The average Bonchev–Trinajstić information content (AvgIpc) is 2.80. The highest BCUT2D eigenvalue weighted by atomic mass is 127. The third kappa shape index (κ3) is 12.8. The molecule has 5 heteroatoms. The summed E-state index contributed by atoms with van der Waals surface area (Å²) in [6.07, 6.45) is 9.83. The van der Waals surface area contributed by atoms with Crippen molar-refractivity contribution in [2.75, 3.05) is 20.1 Å². The molecule has 1 rings (SSSR count). The van der Waals surface area contributed by atoms with Crippen molar-refractivity contribution in [2.45, 2.75) is 112 Å². The molecule has 0 heterocycles. The van der Waals surface area contributed by atoms with Gasteiger partial charge in [-0.15, -0.1) is 0 Å². The quantitative estimate of drug-likeness (QED) is 0.0689. The number of allylic oxidation sites excluding steroid dienone is 5. The summed E-state index contributed by atoms with van der Waals surface area (Å²) in [5.74, 6) is 1.75. The van der Waals surface area contributed by atoms with Crippen molar-refractivity contribution < 1.29 is 9.84 Å². The van der Waals surface area contributed by atoms with Crippen LogP contribution in [0.15, 0.2) is 50.1 Å². The van der Waals surface area contributed by atoms with Gasteiger partial charge in [-0.3, -0.25) is 9.89 Å². The molecule has 0 aromatic heterocycles. The molecule has 4 nitrogen and oxygen atoms in total. The molecule has 0 saturated heterocycles. The van der Waals surface area contributed by atoms with E-state index in [4.69, 9.17) is 4.74 Å². The van der Waals surface area contributed by atoms with Gasteiger partial charge in [0.1, 0.15) is 0 Å². The molecule has 212 valence electrons. The second-order valence-electron chi connectivity index (χ2n) is 12.3. The summed E-state index contributed by atoms with van der Waals surface area (Å²) in [6, 6.07) is 0. The standard InChI is InChI=1S/C32H55IN2O2/c1-22(2)21-35(31(36)37-32(8,9)10)18-17-24(5)19-28(23(3)4)30(26(7)34-11)29(33)20-25(6)27-15-13-12-14-16-27/h20,22,25,27,31,36H,3,5,12-19,21H2,1-2,4,6-11H3/b29-20+,30-28+,34-26?. The van der Waals surface area contributed by atoms with E-state index in [0.717, 1.165) is 42.2 Å². The van der Waals surface area contributed by atoms with Gasteiger partial charge in [-0.25, -0.2) is 0 Å². The number of aliphatic hydroxyl groups excluding tert-OH is 1. The summed E-state index contributed by atoms with van der Waals surface area (Å²) in [5, 5.41) is 10.8. The van der Waals surface area contributed by atoms with Crippen LogP contribution in [0.5, 0.6) is 0 Å². The first-order valence-corrected chi connectivity index (χ1v) is 15.2. The molecule has 0 spiro atoms. The normalized spacial score (nSPS) is 18.7. The van der Waals surface area contributed by atoms with Crippen LogP contribution < -0.4 is 0 Å². The summed E-state index contributed by atoms with van der Waals surface area (Å²) in [5.41, 5.74) is 5.23. The number of aliphatic hydroxyl groups is 1. The molecule has 1 aliphatic carbocycles. The third-order valence-electron chi connectivity index (χ3n) is 7.11. The van der Waals surface area contributed by atoms with E-state index in [1.54, 1.807) is 0 Å². The molecule has 1 aliphatic rings. The van der Waals surface area contributed by atoms with Crippen molar-refractivity contribution in [2.24, 2.45) is 22.7 Å². The van der Waals surface area contributed by atoms with Gasteiger partial charge in [-0.2, -0.15) is 0 Å². The van der Waals surface area contributed by atoms with Crippen LogP contribution >= 0.6 is 22.6 Å². The lowest BCUT2D eigenvalue weighted by atomic mass is 9.80. The van der Waals surface area contributed by atoms with Crippen LogP contribution in [-0.2, 0) is 4.74 Å². The van der Waals surface area contributed by atoms with E-state index in [1.807, 2.05) is 32.7 Å². The first-order chi connectivity index (χ1) is 17.2. The van der Waals surface area contributed by atoms with Gasteiger partial charge >= 0.3 is 0 Å². The van der Waals surface area contributed by atoms with E-state index in [1.165, 1.54) is 46.8 Å². The van der Waals surface area contributed by atoms with Crippen LogP contribution in [0, 0.1) is 17.8 Å². The maximum Gasteiger partial charge on any atom is 0.216 e. The minimum Gasteiger partial charge on any atom is -0.356 e. The van der Waals surface area contributed by atoms with Gasteiger partial charge in [0.25, 0.3) is 0 Å². The number of ether oxygens (including phenoxy) is 1. The lowest BCUT2D eigenvalue weighted by Gasteiger charge is -2.33. The first-order valence-electron chi connectivity index (χ1n) is 14.1. The monoisotopic (exact) mass is 626 g/mol. The molecular weight excluding hydrogens is 571 g/mol. The van der Waals surface area contributed by atoms with Crippen molar-refractivity contribution in [3.8, 4) is 0 Å². The third-order valence-corrected chi connectivity index (χ3v) is 8.00. The average molecular weight is 627 g/mol. The fourth-order valence-corrected chi connectivity index (χ4v) is 6.28. The molecule has 0 radical (unpaired) electrons. The Morgan fingerprint density at radius 2 is 1.73 bits per heavy atom. The van der Waals surface area contributed by atoms with E-state index in [2.05, 4.69) is 81.4 Å². The van der Waals surface area contributed by atoms with Crippen LogP contribution in [0.4, 0.5) is 0 Å². The largest absolute Gasteiger partial charge is 0.356 e. The van der Waals surface area contributed by atoms with E-state index >= 15 is 0 Å². The molecule has 1 N–H and O–H groups in total. The SMILES string of the molecule is C=C(CCN(CC(C)C)C(O)OC(C)(C)C)C/C(C(=C)C)=C(C(C)=NC)\C(I)=C/C(C)C1CCCCC1. The lowest BCUT2D eigenvalue weighted by Crippen LogP contribution is -2.44. The Hall–Kier alpha value is -0.760. The van der Waals surface area contributed by atoms with Crippen LogP contribution in [-0.4, -0.2) is 47.9 Å². The molecular formula is C32H55IN2O2. The van der Waals surface area contributed by atoms with Crippen LogP contribution in [0.1, 0.15) is 100 Å². The highest BCUT2D eigenvalue weighted by Crippen LogP contribution is 2.36. The summed E-state index contributed by atoms with van der Waals surface area (Å²) in [6.45, 7) is 27.0. The van der Waals surface area contributed by atoms with E-state index in [9.17, 15) is 5.11 Å². The van der Waals surface area contributed by atoms with E-state index < -0.39 is 12.0 Å². The number of halogens is 1. The van der Waals surface area contributed by atoms with Gasteiger partial charge in [0.05, 0.1) is 5.60 Å². The van der Waals surface area contributed by atoms with Crippen molar-refractivity contribution in [1.82, 2.24) is 4.90 Å². The van der Waals surface area contributed by atoms with Crippen molar-refractivity contribution in [1.29, 1.82) is 0 Å². The minimum atomic E-state index is -0.929. The Bertz CT molecular complexity index is 841. The molecule has 0 aliphatic heterocycles. The van der Waals surface area contributed by atoms with Gasteiger partial charge in [0.15, 0.2) is 0 Å². The number of aliphatic imine (C=N–C) groups is 1. The number of hydrogen-bond acceptors (Lipinski definition) is 4. The maximum atomic E-state index is 10.8. The highest BCUT2D eigenvalue weighted by Gasteiger charge is 2.24. The van der Waals surface area contributed by atoms with Gasteiger partial charge in [0.2, 0.25) is 6.41 Å². The Kier molecular flexibility index (Phi) is 15.2. The maximum absolute atomic E-state index is 10.8. The molecule has 2 atom stereocenters. The second-order valence-corrected chi connectivity index (χ2v) is 13.5. The van der Waals surface area contributed by atoms with E-state index in [-0.39, 0.29) is 0 Å². The zero-order chi connectivity index (χ0) is 28.3. The molecule has 0 bridgehead atoms. The van der Waals surface area contributed by atoms with Crippen molar-refractivity contribution >= 4 is 28.3 Å². The Morgan fingerprint density at radius 1 is 1.14 bits per heavy atom. The molecule has 0 amide bonds. The fraction of sp³-hybridized carbons (Fsp3) is 0.719. The molecule has 0 aromatic carbocycles. The van der Waals surface area contributed by atoms with Gasteiger partial charge in [-0.05, 0) is 106 Å². The summed E-state index contributed by atoms with van der Waals surface area (Å²) in [4.78, 5) is 6.60. The summed E-state index contributed by atoms with van der Waals surface area (Å²) in [7, 11) is 1.87. The number of rotatable bonds is 14. The molecule has 37 heavy (non-hydrogen) atoms. The van der Waals surface area contributed by atoms with Gasteiger partial charge < -0.3 is 9.84 Å². The zero-order valence-electron chi connectivity index (χ0n) is 25.3. The minimum absolute atomic E-state index is 0.411.